The van der Waals surface area contributed by atoms with Gasteiger partial charge >= 0.3 is 0 Å². The lowest BCUT2D eigenvalue weighted by atomic mass is 10.1. The topological polar surface area (TPSA) is 60.9 Å². The molecule has 3 N–H and O–H groups in total. The number of benzene rings is 1. The highest BCUT2D eigenvalue weighted by molar-refractivity contribution is 7.98. The van der Waals surface area contributed by atoms with Gasteiger partial charge in [-0.25, -0.2) is 0 Å². The highest BCUT2D eigenvalue weighted by Gasteiger charge is 2.19. The molecule has 4 nitrogen and oxygen atoms in total. The lowest BCUT2D eigenvalue weighted by Gasteiger charge is -2.22. The summed E-state index contributed by atoms with van der Waals surface area (Å²) in [7, 11) is 0. The van der Waals surface area contributed by atoms with Crippen molar-refractivity contribution in [2.45, 2.75) is 19.1 Å². The molecule has 0 saturated heterocycles. The van der Waals surface area contributed by atoms with E-state index in [-0.39, 0.29) is 0 Å². The first kappa shape index (κ1) is 16.4. The first-order valence-electron chi connectivity index (χ1n) is 6.72. The lowest BCUT2D eigenvalue weighted by Crippen LogP contribution is -2.39. The van der Waals surface area contributed by atoms with Gasteiger partial charge in [-0.05, 0) is 25.3 Å². The normalized spacial score (nSPS) is 14.1. The Morgan fingerprint density at radius 1 is 1.48 bits per heavy atom. The minimum atomic E-state index is -0.709. The molecule has 1 aromatic carbocycles. The van der Waals surface area contributed by atoms with Gasteiger partial charge in [0, 0.05) is 35.0 Å². The van der Waals surface area contributed by atoms with Gasteiger partial charge in [0.15, 0.2) is 0 Å². The minimum Gasteiger partial charge on any atom is -0.388 e. The SMILES string of the molecule is CSCC(C)(O)CNCc1cn[nH]c1-c1cccc(Cl)c1. The first-order chi connectivity index (χ1) is 10.0. The van der Waals surface area contributed by atoms with Gasteiger partial charge in [-0.1, -0.05) is 23.7 Å². The minimum absolute atomic E-state index is 0.536. The summed E-state index contributed by atoms with van der Waals surface area (Å²) >= 11 is 7.66. The van der Waals surface area contributed by atoms with Crippen LogP contribution in [0.5, 0.6) is 0 Å². The Morgan fingerprint density at radius 2 is 2.29 bits per heavy atom. The van der Waals surface area contributed by atoms with Gasteiger partial charge in [-0.2, -0.15) is 16.9 Å². The molecule has 0 saturated carbocycles. The van der Waals surface area contributed by atoms with E-state index in [1.807, 2.05) is 37.4 Å². The molecule has 0 bridgehead atoms. The third-order valence-electron chi connectivity index (χ3n) is 3.11. The lowest BCUT2D eigenvalue weighted by molar-refractivity contribution is 0.0846. The number of nitrogens with one attached hydrogen (secondary N) is 2. The molecule has 0 amide bonds. The van der Waals surface area contributed by atoms with Crippen molar-refractivity contribution in [1.82, 2.24) is 15.5 Å². The van der Waals surface area contributed by atoms with Crippen LogP contribution in [-0.2, 0) is 6.54 Å². The van der Waals surface area contributed by atoms with Crippen molar-refractivity contribution in [2.24, 2.45) is 0 Å². The van der Waals surface area contributed by atoms with Gasteiger partial charge in [0.05, 0.1) is 17.5 Å². The molecule has 0 aliphatic rings. The molecular weight excluding hydrogens is 306 g/mol. The Hall–Kier alpha value is -1.01. The number of H-pyrrole nitrogens is 1. The van der Waals surface area contributed by atoms with E-state index in [0.29, 0.717) is 23.9 Å². The van der Waals surface area contributed by atoms with Crippen LogP contribution in [0, 0.1) is 0 Å². The highest BCUT2D eigenvalue weighted by atomic mass is 35.5. The summed E-state index contributed by atoms with van der Waals surface area (Å²) < 4.78 is 0. The summed E-state index contributed by atoms with van der Waals surface area (Å²) in [4.78, 5) is 0. The molecular formula is C15H20ClN3OS. The zero-order chi connectivity index (χ0) is 15.3. The van der Waals surface area contributed by atoms with Crippen LogP contribution in [0.3, 0.4) is 0 Å². The number of aromatic nitrogens is 2. The zero-order valence-electron chi connectivity index (χ0n) is 12.2. The number of aromatic amines is 1. The van der Waals surface area contributed by atoms with Crippen molar-refractivity contribution in [1.29, 1.82) is 0 Å². The smallest absolute Gasteiger partial charge is 0.0833 e. The third kappa shape index (κ3) is 4.74. The van der Waals surface area contributed by atoms with Crippen LogP contribution in [0.2, 0.25) is 5.02 Å². The molecule has 1 atom stereocenters. The van der Waals surface area contributed by atoms with Crippen LogP contribution in [0.15, 0.2) is 30.5 Å². The van der Waals surface area contributed by atoms with E-state index in [1.165, 1.54) is 0 Å². The molecule has 1 heterocycles. The van der Waals surface area contributed by atoms with Crippen LogP contribution in [0.25, 0.3) is 11.3 Å². The molecule has 0 aliphatic heterocycles. The Balaban J connectivity index is 2.01. The summed E-state index contributed by atoms with van der Waals surface area (Å²) in [6, 6.07) is 7.66. The molecule has 0 radical (unpaired) electrons. The summed E-state index contributed by atoms with van der Waals surface area (Å²) in [5.74, 6) is 0.701. The number of aliphatic hydroxyl groups is 1. The predicted octanol–water partition coefficient (Wildman–Crippen LogP) is 2.93. The molecule has 0 spiro atoms. The van der Waals surface area contributed by atoms with Crippen molar-refractivity contribution in [2.75, 3.05) is 18.6 Å². The predicted molar refractivity (Wildman–Crippen MR) is 89.7 cm³/mol. The molecule has 0 aliphatic carbocycles. The fourth-order valence-corrected chi connectivity index (χ4v) is 3.08. The summed E-state index contributed by atoms with van der Waals surface area (Å²) in [5.41, 5.74) is 2.30. The standard InChI is InChI=1S/C15H20ClN3OS/c1-15(20,10-21-2)9-17-7-12-8-18-19-14(12)11-4-3-5-13(16)6-11/h3-6,8,17,20H,7,9-10H2,1-2H3,(H,18,19). The zero-order valence-corrected chi connectivity index (χ0v) is 13.8. The van der Waals surface area contributed by atoms with Crippen molar-refractivity contribution in [3.63, 3.8) is 0 Å². The van der Waals surface area contributed by atoms with E-state index < -0.39 is 5.60 Å². The van der Waals surface area contributed by atoms with E-state index >= 15 is 0 Å². The Morgan fingerprint density at radius 3 is 3.00 bits per heavy atom. The second-order valence-corrected chi connectivity index (χ2v) is 6.62. The van der Waals surface area contributed by atoms with E-state index in [9.17, 15) is 5.11 Å². The molecule has 6 heteroatoms. The highest BCUT2D eigenvalue weighted by Crippen LogP contribution is 2.24. The van der Waals surface area contributed by atoms with Crippen LogP contribution in [0.1, 0.15) is 12.5 Å². The van der Waals surface area contributed by atoms with Gasteiger partial charge in [0.1, 0.15) is 0 Å². The molecule has 1 unspecified atom stereocenters. The summed E-state index contributed by atoms with van der Waals surface area (Å²) in [5, 5.41) is 21.2. The molecule has 21 heavy (non-hydrogen) atoms. The fraction of sp³-hybridized carbons (Fsp3) is 0.400. The van der Waals surface area contributed by atoms with Gasteiger partial charge < -0.3 is 10.4 Å². The average Bonchev–Trinajstić information content (AvgIpc) is 2.87. The molecule has 0 fully saturated rings. The average molecular weight is 326 g/mol. The van der Waals surface area contributed by atoms with Crippen molar-refractivity contribution >= 4 is 23.4 Å². The largest absolute Gasteiger partial charge is 0.388 e. The summed E-state index contributed by atoms with van der Waals surface area (Å²) in [6.45, 7) is 3.01. The van der Waals surface area contributed by atoms with Crippen molar-refractivity contribution in [3.05, 3.63) is 41.0 Å². The van der Waals surface area contributed by atoms with Crippen LogP contribution >= 0.6 is 23.4 Å². The van der Waals surface area contributed by atoms with Crippen LogP contribution in [-0.4, -0.2) is 39.5 Å². The molecule has 1 aromatic heterocycles. The van der Waals surface area contributed by atoms with Gasteiger partial charge in [-0.15, -0.1) is 0 Å². The van der Waals surface area contributed by atoms with E-state index in [1.54, 1.807) is 18.0 Å². The molecule has 2 aromatic rings. The fourth-order valence-electron chi connectivity index (χ4n) is 2.17. The van der Waals surface area contributed by atoms with Crippen molar-refractivity contribution in [3.8, 4) is 11.3 Å². The maximum absolute atomic E-state index is 10.1. The van der Waals surface area contributed by atoms with E-state index in [4.69, 9.17) is 11.6 Å². The Kier molecular flexibility index (Phi) is 5.70. The second kappa shape index (κ2) is 7.31. The summed E-state index contributed by atoms with van der Waals surface area (Å²) in [6.07, 6.45) is 3.79. The number of halogens is 1. The first-order valence-corrected chi connectivity index (χ1v) is 8.49. The number of nitrogens with zero attached hydrogens (tertiary/aromatic N) is 1. The van der Waals surface area contributed by atoms with Crippen LogP contribution in [0.4, 0.5) is 0 Å². The van der Waals surface area contributed by atoms with Gasteiger partial charge in [0.25, 0.3) is 0 Å². The monoisotopic (exact) mass is 325 g/mol. The maximum atomic E-state index is 10.1. The third-order valence-corrected chi connectivity index (χ3v) is 4.25. The van der Waals surface area contributed by atoms with E-state index in [0.717, 1.165) is 16.8 Å². The quantitative estimate of drug-likeness (QED) is 0.732. The number of thioether (sulfide) groups is 1. The number of rotatable bonds is 7. The Labute approximate surface area is 134 Å². The maximum Gasteiger partial charge on any atom is 0.0833 e. The van der Waals surface area contributed by atoms with Crippen LogP contribution < -0.4 is 5.32 Å². The number of hydrogen-bond acceptors (Lipinski definition) is 4. The van der Waals surface area contributed by atoms with Crippen molar-refractivity contribution < 1.29 is 5.11 Å². The van der Waals surface area contributed by atoms with Gasteiger partial charge in [-0.3, -0.25) is 5.10 Å². The molecule has 2 rings (SSSR count). The van der Waals surface area contributed by atoms with Gasteiger partial charge in [0.2, 0.25) is 0 Å². The number of hydrogen-bond donors (Lipinski definition) is 3. The second-order valence-electron chi connectivity index (χ2n) is 5.31. The van der Waals surface area contributed by atoms with E-state index in [2.05, 4.69) is 15.5 Å². The molecule has 114 valence electrons. The Bertz CT molecular complexity index is 586.